The standard InChI is InChI=1S/C36H34F6N4O3/c1-34(2,3)49-33(48)46-19-25(30-6-4-5-7-31(30)46)16-29-20-44-18-23(22-10-12-43-13-11-22)8-9-28(44)21-45(29)32(47)24-14-26(35(37,38)39)17-27(15-24)36(40,41)42/h4-8,10-15,17,19,28-29H,9,16,18,20-21H2,1-3H3/t28-,29-/m1/s1. The van der Waals surface area contributed by atoms with Gasteiger partial charge >= 0.3 is 18.4 Å². The van der Waals surface area contributed by atoms with Crippen molar-refractivity contribution in [2.24, 2.45) is 0 Å². The number of ether oxygens (including phenoxy) is 1. The molecule has 0 N–H and O–H groups in total. The Kier molecular flexibility index (Phi) is 8.85. The van der Waals surface area contributed by atoms with Crippen LogP contribution in [0.25, 0.3) is 16.5 Å². The van der Waals surface area contributed by atoms with E-state index in [2.05, 4.69) is 9.88 Å². The fraction of sp³-hybridized carbons (Fsp3) is 0.361. The molecule has 49 heavy (non-hydrogen) atoms. The summed E-state index contributed by atoms with van der Waals surface area (Å²) < 4.78 is 89.6. The Hall–Kier alpha value is -4.65. The number of hydrogen-bond acceptors (Lipinski definition) is 5. The van der Waals surface area contributed by atoms with Gasteiger partial charge < -0.3 is 9.64 Å². The summed E-state index contributed by atoms with van der Waals surface area (Å²) in [5.41, 5.74) is -1.32. The van der Waals surface area contributed by atoms with Gasteiger partial charge in [-0.25, -0.2) is 4.79 Å². The van der Waals surface area contributed by atoms with Crippen LogP contribution in [-0.2, 0) is 23.5 Å². The third-order valence-corrected chi connectivity index (χ3v) is 8.81. The Morgan fingerprint density at radius 2 is 1.55 bits per heavy atom. The minimum Gasteiger partial charge on any atom is -0.443 e. The number of hydrogen-bond donors (Lipinski definition) is 0. The number of halogens is 6. The molecule has 7 nitrogen and oxygen atoms in total. The maximum absolute atomic E-state index is 14.1. The number of alkyl halides is 6. The second kappa shape index (κ2) is 12.7. The number of carbonyl (C=O) groups is 2. The molecule has 4 heterocycles. The first-order valence-electron chi connectivity index (χ1n) is 15.7. The molecule has 2 atom stereocenters. The normalized spacial score (nSPS) is 19.0. The second-order valence-corrected chi connectivity index (χ2v) is 13.4. The summed E-state index contributed by atoms with van der Waals surface area (Å²) in [5, 5.41) is 0.706. The smallest absolute Gasteiger partial charge is 0.419 e. The van der Waals surface area contributed by atoms with E-state index in [-0.39, 0.29) is 31.6 Å². The molecule has 4 aromatic rings. The Morgan fingerprint density at radius 1 is 0.898 bits per heavy atom. The highest BCUT2D eigenvalue weighted by molar-refractivity contribution is 5.95. The van der Waals surface area contributed by atoms with E-state index in [4.69, 9.17) is 4.74 Å². The maximum Gasteiger partial charge on any atom is 0.419 e. The predicted molar refractivity (Wildman–Crippen MR) is 171 cm³/mol. The highest BCUT2D eigenvalue weighted by Crippen LogP contribution is 2.38. The van der Waals surface area contributed by atoms with E-state index >= 15 is 0 Å². The fourth-order valence-corrected chi connectivity index (χ4v) is 6.56. The largest absolute Gasteiger partial charge is 0.443 e. The highest BCUT2D eigenvalue weighted by Gasteiger charge is 2.41. The molecule has 1 fully saturated rings. The molecule has 0 bridgehead atoms. The van der Waals surface area contributed by atoms with Crippen molar-refractivity contribution >= 4 is 28.5 Å². The minimum absolute atomic E-state index is 0.0181. The molecular formula is C36H34F6N4O3. The van der Waals surface area contributed by atoms with Crippen molar-refractivity contribution in [3.63, 3.8) is 0 Å². The molecule has 2 aliphatic heterocycles. The van der Waals surface area contributed by atoms with E-state index < -0.39 is 52.7 Å². The number of amides is 1. The van der Waals surface area contributed by atoms with Gasteiger partial charge in [-0.05, 0) is 86.7 Å². The average molecular weight is 685 g/mol. The van der Waals surface area contributed by atoms with Gasteiger partial charge in [-0.15, -0.1) is 0 Å². The van der Waals surface area contributed by atoms with Gasteiger partial charge in [0.1, 0.15) is 5.60 Å². The van der Waals surface area contributed by atoms with Crippen molar-refractivity contribution in [2.75, 3.05) is 19.6 Å². The average Bonchev–Trinajstić information content (AvgIpc) is 3.41. The summed E-state index contributed by atoms with van der Waals surface area (Å²) in [7, 11) is 0. The Balaban J connectivity index is 1.40. The van der Waals surface area contributed by atoms with Crippen molar-refractivity contribution in [2.45, 2.75) is 63.7 Å². The number of benzene rings is 2. The van der Waals surface area contributed by atoms with Crippen molar-refractivity contribution in [3.8, 4) is 0 Å². The number of para-hydroxylation sites is 1. The molecule has 2 aromatic carbocycles. The Morgan fingerprint density at radius 3 is 2.18 bits per heavy atom. The van der Waals surface area contributed by atoms with Crippen LogP contribution in [0.1, 0.15) is 59.8 Å². The van der Waals surface area contributed by atoms with Crippen LogP contribution in [0.2, 0.25) is 0 Å². The first-order chi connectivity index (χ1) is 23.0. The fourth-order valence-electron chi connectivity index (χ4n) is 6.56. The molecule has 1 amide bonds. The van der Waals surface area contributed by atoms with E-state index in [1.807, 2.05) is 24.3 Å². The predicted octanol–water partition coefficient (Wildman–Crippen LogP) is 8.08. The van der Waals surface area contributed by atoms with Gasteiger partial charge in [-0.2, -0.15) is 26.3 Å². The molecule has 0 radical (unpaired) electrons. The van der Waals surface area contributed by atoms with Crippen LogP contribution >= 0.6 is 0 Å². The van der Waals surface area contributed by atoms with E-state index in [1.54, 1.807) is 57.6 Å². The van der Waals surface area contributed by atoms with Gasteiger partial charge in [-0.3, -0.25) is 19.2 Å². The summed E-state index contributed by atoms with van der Waals surface area (Å²) in [5.74, 6) is -0.930. The van der Waals surface area contributed by atoms with Crippen LogP contribution in [0.15, 0.2) is 79.3 Å². The van der Waals surface area contributed by atoms with Crippen LogP contribution in [0.5, 0.6) is 0 Å². The molecule has 13 heteroatoms. The number of carbonyl (C=O) groups excluding carboxylic acids is 2. The topological polar surface area (TPSA) is 67.7 Å². The van der Waals surface area contributed by atoms with Crippen LogP contribution in [0, 0.1) is 0 Å². The zero-order valence-electron chi connectivity index (χ0n) is 27.0. The molecule has 258 valence electrons. The van der Waals surface area contributed by atoms with Gasteiger partial charge in [0.25, 0.3) is 5.91 Å². The number of rotatable bonds is 4. The number of aromatic nitrogens is 2. The first kappa shape index (κ1) is 34.2. The summed E-state index contributed by atoms with van der Waals surface area (Å²) in [4.78, 5) is 35.0. The van der Waals surface area contributed by atoms with Crippen molar-refractivity contribution in [1.29, 1.82) is 0 Å². The van der Waals surface area contributed by atoms with Gasteiger partial charge in [-0.1, -0.05) is 24.3 Å². The third-order valence-electron chi connectivity index (χ3n) is 8.81. The minimum atomic E-state index is -5.10. The van der Waals surface area contributed by atoms with Gasteiger partial charge in [0.05, 0.1) is 16.6 Å². The zero-order chi connectivity index (χ0) is 35.3. The summed E-state index contributed by atoms with van der Waals surface area (Å²) in [6.45, 7) is 6.11. The highest BCUT2D eigenvalue weighted by atomic mass is 19.4. The second-order valence-electron chi connectivity index (χ2n) is 13.4. The summed E-state index contributed by atoms with van der Waals surface area (Å²) in [6, 6.07) is 11.0. The number of fused-ring (bicyclic) bond motifs is 2. The number of nitrogens with zero attached hydrogens (tertiary/aromatic N) is 4. The first-order valence-corrected chi connectivity index (χ1v) is 15.7. The van der Waals surface area contributed by atoms with Gasteiger partial charge in [0.15, 0.2) is 0 Å². The van der Waals surface area contributed by atoms with Crippen molar-refractivity contribution in [3.05, 3.63) is 107 Å². The number of piperazine rings is 1. The molecule has 0 aliphatic carbocycles. The molecule has 6 rings (SSSR count). The molecule has 1 saturated heterocycles. The number of pyridine rings is 1. The van der Waals surface area contributed by atoms with Crippen molar-refractivity contribution in [1.82, 2.24) is 19.4 Å². The molecule has 0 saturated carbocycles. The Labute approximate surface area is 278 Å². The van der Waals surface area contributed by atoms with Crippen LogP contribution in [0.4, 0.5) is 31.1 Å². The van der Waals surface area contributed by atoms with E-state index in [0.717, 1.165) is 11.1 Å². The van der Waals surface area contributed by atoms with E-state index in [9.17, 15) is 35.9 Å². The SMILES string of the molecule is CC(C)(C)OC(=O)n1cc(C[C@@H]2CN3CC(c4ccncc4)=CC[C@@H]3CN2C(=O)c2cc(C(F)(F)F)cc(C(F)(F)F)c2)c2ccccc21. The Bertz CT molecular complexity index is 1880. The van der Waals surface area contributed by atoms with Crippen LogP contribution in [-0.4, -0.2) is 68.7 Å². The van der Waals surface area contributed by atoms with E-state index in [0.29, 0.717) is 41.6 Å². The lowest BCUT2D eigenvalue weighted by molar-refractivity contribution is -0.143. The van der Waals surface area contributed by atoms with E-state index in [1.165, 1.54) is 9.47 Å². The van der Waals surface area contributed by atoms with Crippen LogP contribution in [0.3, 0.4) is 0 Å². The monoisotopic (exact) mass is 684 g/mol. The quantitative estimate of drug-likeness (QED) is 0.204. The van der Waals surface area contributed by atoms with Crippen molar-refractivity contribution < 1.29 is 40.7 Å². The van der Waals surface area contributed by atoms with Gasteiger partial charge in [0, 0.05) is 61.3 Å². The van der Waals surface area contributed by atoms with Crippen LogP contribution < -0.4 is 0 Å². The lowest BCUT2D eigenvalue weighted by Crippen LogP contribution is -2.61. The zero-order valence-corrected chi connectivity index (χ0v) is 27.0. The summed E-state index contributed by atoms with van der Waals surface area (Å²) >= 11 is 0. The molecule has 0 spiro atoms. The maximum atomic E-state index is 14.1. The summed E-state index contributed by atoms with van der Waals surface area (Å²) in [6.07, 6.45) is -3.09. The molecular weight excluding hydrogens is 650 g/mol. The molecule has 2 aliphatic rings. The lowest BCUT2D eigenvalue weighted by Gasteiger charge is -2.48. The molecule has 2 aromatic heterocycles. The van der Waals surface area contributed by atoms with Gasteiger partial charge in [0.2, 0.25) is 0 Å². The third kappa shape index (κ3) is 7.36. The molecule has 0 unspecified atom stereocenters. The lowest BCUT2D eigenvalue weighted by atomic mass is 9.91.